The van der Waals surface area contributed by atoms with E-state index in [1.807, 2.05) is 0 Å². The number of hydrogen-bond acceptors (Lipinski definition) is 3. The van der Waals surface area contributed by atoms with Crippen LogP contribution < -0.4 is 16.0 Å². The quantitative estimate of drug-likeness (QED) is 0.417. The van der Waals surface area contributed by atoms with Crippen LogP contribution >= 0.6 is 0 Å². The van der Waals surface area contributed by atoms with Crippen LogP contribution in [-0.2, 0) is 33.9 Å². The zero-order valence-corrected chi connectivity index (χ0v) is 18.0. The molecule has 0 radical (unpaired) electrons. The highest BCUT2D eigenvalue weighted by Crippen LogP contribution is 2.20. The van der Waals surface area contributed by atoms with Crippen molar-refractivity contribution in [1.82, 2.24) is 16.0 Å². The van der Waals surface area contributed by atoms with Gasteiger partial charge in [-0.3, -0.25) is 14.4 Å². The van der Waals surface area contributed by atoms with Gasteiger partial charge in [0.25, 0.3) is 0 Å². The molecule has 0 saturated carbocycles. The third-order valence-corrected chi connectivity index (χ3v) is 4.38. The zero-order chi connectivity index (χ0) is 21.6. The van der Waals surface area contributed by atoms with E-state index in [2.05, 4.69) is 46.8 Å². The summed E-state index contributed by atoms with van der Waals surface area (Å²) in [5, 5.41) is 8.34. The summed E-state index contributed by atoms with van der Waals surface area (Å²) in [5.74, 6) is 5.72. The molecule has 0 aliphatic heterocycles. The molecule has 0 saturated heterocycles. The molecule has 1 rings (SSSR count). The number of aryl methyl sites for hydroxylation is 1. The highest BCUT2D eigenvalue weighted by molar-refractivity contribution is 5.74. The minimum atomic E-state index is -0.140. The predicted octanol–water partition coefficient (Wildman–Crippen LogP) is 2.57. The Hall–Kier alpha value is -2.81. The van der Waals surface area contributed by atoms with Gasteiger partial charge in [-0.25, -0.2) is 0 Å². The first kappa shape index (κ1) is 24.2. The number of hydrogen-bond donors (Lipinski definition) is 3. The van der Waals surface area contributed by atoms with Gasteiger partial charge < -0.3 is 16.0 Å². The molecule has 29 heavy (non-hydrogen) atoms. The van der Waals surface area contributed by atoms with E-state index in [-0.39, 0.29) is 24.3 Å². The first-order valence-electron chi connectivity index (χ1n) is 10.2. The van der Waals surface area contributed by atoms with Gasteiger partial charge in [-0.15, -0.1) is 0 Å². The fourth-order valence-corrected chi connectivity index (χ4v) is 2.92. The topological polar surface area (TPSA) is 87.3 Å². The summed E-state index contributed by atoms with van der Waals surface area (Å²) < 4.78 is 0. The monoisotopic (exact) mass is 399 g/mol. The number of unbranched alkanes of at least 4 members (excludes halogenated alkanes) is 3. The molecule has 0 atom stereocenters. The van der Waals surface area contributed by atoms with Crippen LogP contribution in [0.3, 0.4) is 0 Å². The highest BCUT2D eigenvalue weighted by Gasteiger charge is 2.11. The summed E-state index contributed by atoms with van der Waals surface area (Å²) in [6.07, 6.45) is 5.62. The Morgan fingerprint density at radius 2 is 1.38 bits per heavy atom. The van der Waals surface area contributed by atoms with Crippen LogP contribution in [0.15, 0.2) is 12.1 Å². The molecule has 0 aliphatic rings. The molecule has 0 fully saturated rings. The van der Waals surface area contributed by atoms with Crippen LogP contribution in [0.25, 0.3) is 0 Å². The molecule has 0 aromatic heterocycles. The molecule has 3 amide bonds. The van der Waals surface area contributed by atoms with Crippen molar-refractivity contribution in [1.29, 1.82) is 0 Å². The summed E-state index contributed by atoms with van der Waals surface area (Å²) in [6, 6.07) is 4.17. The summed E-state index contributed by atoms with van der Waals surface area (Å²) in [7, 11) is 0. The van der Waals surface area contributed by atoms with Crippen LogP contribution in [0.1, 0.15) is 75.6 Å². The SMILES string of the molecule is CCCCCCc1cc(CNC(C)=O)c(C#CCNC(C)=O)c(CNC(C)=O)c1. The van der Waals surface area contributed by atoms with Crippen molar-refractivity contribution in [3.63, 3.8) is 0 Å². The predicted molar refractivity (Wildman–Crippen MR) is 115 cm³/mol. The molecule has 1 aromatic carbocycles. The smallest absolute Gasteiger partial charge is 0.217 e. The minimum Gasteiger partial charge on any atom is -0.352 e. The van der Waals surface area contributed by atoms with Gasteiger partial charge in [-0.2, -0.15) is 0 Å². The summed E-state index contributed by atoms with van der Waals surface area (Å²) >= 11 is 0. The fourth-order valence-electron chi connectivity index (χ4n) is 2.92. The Kier molecular flexibility index (Phi) is 11.2. The second-order valence-electron chi connectivity index (χ2n) is 7.13. The Morgan fingerprint density at radius 3 is 1.86 bits per heavy atom. The first-order chi connectivity index (χ1) is 13.8. The average Bonchev–Trinajstić information content (AvgIpc) is 2.65. The standard InChI is InChI=1S/C23H33N3O3/c1-5-6-7-8-10-20-13-21(15-25-18(3)28)23(11-9-12-24-17(2)27)22(14-20)16-26-19(4)29/h13-14H,5-8,10,12,15-16H2,1-4H3,(H,24,27)(H,25,28)(H,26,29). The Morgan fingerprint density at radius 1 is 0.828 bits per heavy atom. The third kappa shape index (κ3) is 10.3. The summed E-state index contributed by atoms with van der Waals surface area (Å²) in [5.41, 5.74) is 3.80. The van der Waals surface area contributed by atoms with Crippen LogP contribution in [0.5, 0.6) is 0 Å². The lowest BCUT2D eigenvalue weighted by Crippen LogP contribution is -2.23. The third-order valence-electron chi connectivity index (χ3n) is 4.38. The van der Waals surface area contributed by atoms with E-state index in [0.717, 1.165) is 29.5 Å². The molecule has 6 heteroatoms. The molecule has 1 aromatic rings. The van der Waals surface area contributed by atoms with Crippen LogP contribution in [0.4, 0.5) is 0 Å². The number of carbonyl (C=O) groups excluding carboxylic acids is 3. The second kappa shape index (κ2) is 13.4. The van der Waals surface area contributed by atoms with Gasteiger partial charge in [0.15, 0.2) is 0 Å². The maximum absolute atomic E-state index is 11.4. The second-order valence-corrected chi connectivity index (χ2v) is 7.13. The number of amides is 3. The molecule has 3 N–H and O–H groups in total. The van der Waals surface area contributed by atoms with Crippen molar-refractivity contribution in [3.05, 3.63) is 34.4 Å². The van der Waals surface area contributed by atoms with E-state index < -0.39 is 0 Å². The Bertz CT molecular complexity index is 736. The van der Waals surface area contributed by atoms with Crippen molar-refractivity contribution in [2.24, 2.45) is 0 Å². The van der Waals surface area contributed by atoms with Gasteiger partial charge >= 0.3 is 0 Å². The van der Waals surface area contributed by atoms with Gasteiger partial charge in [-0.1, -0.05) is 50.2 Å². The fraction of sp³-hybridized carbons (Fsp3) is 0.522. The molecule has 0 aliphatic carbocycles. The van der Waals surface area contributed by atoms with Crippen molar-refractivity contribution in [3.8, 4) is 11.8 Å². The van der Waals surface area contributed by atoms with Crippen molar-refractivity contribution in [2.45, 2.75) is 72.9 Å². The van der Waals surface area contributed by atoms with Gasteiger partial charge in [0.2, 0.25) is 17.7 Å². The molecular weight excluding hydrogens is 366 g/mol. The van der Waals surface area contributed by atoms with E-state index in [1.165, 1.54) is 45.6 Å². The molecule has 0 unspecified atom stereocenters. The van der Waals surface area contributed by atoms with Crippen LogP contribution in [-0.4, -0.2) is 24.3 Å². The van der Waals surface area contributed by atoms with E-state index in [1.54, 1.807) is 0 Å². The van der Waals surface area contributed by atoms with Crippen LogP contribution in [0, 0.1) is 11.8 Å². The summed E-state index contributed by atoms with van der Waals surface area (Å²) in [6.45, 7) is 7.58. The van der Waals surface area contributed by atoms with Crippen molar-refractivity contribution in [2.75, 3.05) is 6.54 Å². The van der Waals surface area contributed by atoms with Crippen molar-refractivity contribution >= 4 is 17.7 Å². The van der Waals surface area contributed by atoms with E-state index in [9.17, 15) is 14.4 Å². The lowest BCUT2D eigenvalue weighted by atomic mass is 9.94. The lowest BCUT2D eigenvalue weighted by molar-refractivity contribution is -0.119. The molecular formula is C23H33N3O3. The number of carbonyl (C=O) groups is 3. The maximum atomic E-state index is 11.4. The van der Waals surface area contributed by atoms with Crippen molar-refractivity contribution < 1.29 is 14.4 Å². The van der Waals surface area contributed by atoms with Gasteiger partial charge in [-0.05, 0) is 29.5 Å². The lowest BCUT2D eigenvalue weighted by Gasteiger charge is -2.15. The molecule has 6 nitrogen and oxygen atoms in total. The van der Waals surface area contributed by atoms with E-state index >= 15 is 0 Å². The minimum absolute atomic E-state index is 0.112. The summed E-state index contributed by atoms with van der Waals surface area (Å²) in [4.78, 5) is 33.9. The average molecular weight is 400 g/mol. The van der Waals surface area contributed by atoms with Gasteiger partial charge in [0.05, 0.1) is 6.54 Å². The normalized spacial score (nSPS) is 9.93. The molecule has 158 valence electrons. The maximum Gasteiger partial charge on any atom is 0.217 e. The first-order valence-corrected chi connectivity index (χ1v) is 10.2. The zero-order valence-electron chi connectivity index (χ0n) is 18.0. The van der Waals surface area contributed by atoms with Gasteiger partial charge in [0, 0.05) is 39.4 Å². The Labute approximate surface area is 174 Å². The molecule has 0 heterocycles. The largest absolute Gasteiger partial charge is 0.352 e. The highest BCUT2D eigenvalue weighted by atomic mass is 16.2. The molecule has 0 spiro atoms. The van der Waals surface area contributed by atoms with Crippen LogP contribution in [0.2, 0.25) is 0 Å². The molecule has 0 bridgehead atoms. The van der Waals surface area contributed by atoms with Gasteiger partial charge in [0.1, 0.15) is 0 Å². The number of rotatable bonds is 10. The van der Waals surface area contributed by atoms with E-state index in [0.29, 0.717) is 13.1 Å². The van der Waals surface area contributed by atoms with E-state index in [4.69, 9.17) is 0 Å². The number of nitrogens with one attached hydrogen (secondary N) is 3. The number of benzene rings is 1. The Balaban J connectivity index is 3.21.